The molecule has 2 rings (SSSR count). The Bertz CT molecular complexity index is 940. The molecule has 2 aromatic heterocycles. The molecule has 0 unspecified atom stereocenters. The normalized spacial score (nSPS) is 11.5. The van der Waals surface area contributed by atoms with Crippen LogP contribution in [0.2, 0.25) is 0 Å². The van der Waals surface area contributed by atoms with Crippen molar-refractivity contribution in [1.29, 1.82) is 0 Å². The zero-order valence-electron chi connectivity index (χ0n) is 36.2. The van der Waals surface area contributed by atoms with Gasteiger partial charge in [-0.15, -0.1) is 23.5 Å². The van der Waals surface area contributed by atoms with Crippen LogP contribution in [0.5, 0.6) is 0 Å². The summed E-state index contributed by atoms with van der Waals surface area (Å²) >= 11 is 4.04. The van der Waals surface area contributed by atoms with Gasteiger partial charge in [0.05, 0.1) is 0 Å². The maximum absolute atomic E-state index is 2.38. The van der Waals surface area contributed by atoms with Gasteiger partial charge in [-0.05, 0) is 37.2 Å². The van der Waals surface area contributed by atoms with Gasteiger partial charge in [-0.25, -0.2) is 9.13 Å². The summed E-state index contributed by atoms with van der Waals surface area (Å²) < 4.78 is 4.77. The third kappa shape index (κ3) is 31.1. The molecule has 0 aliphatic carbocycles. The van der Waals surface area contributed by atoms with E-state index in [4.69, 9.17) is 0 Å². The van der Waals surface area contributed by atoms with Gasteiger partial charge in [0, 0.05) is 46.9 Å². The van der Waals surface area contributed by atoms with Crippen LogP contribution in [-0.2, 0) is 13.1 Å². The summed E-state index contributed by atoms with van der Waals surface area (Å²) in [5.41, 5.74) is 0. The van der Waals surface area contributed by atoms with Crippen molar-refractivity contribution in [3.63, 3.8) is 0 Å². The average Bonchev–Trinajstić information content (AvgIpc) is 3.20. The van der Waals surface area contributed by atoms with Crippen molar-refractivity contribution in [3.8, 4) is 0 Å². The average molecular weight is 783 g/mol. The molecule has 2 heterocycles. The van der Waals surface area contributed by atoms with Gasteiger partial charge in [0.1, 0.15) is 13.1 Å². The van der Waals surface area contributed by atoms with Crippen molar-refractivity contribution in [2.75, 3.05) is 11.5 Å². The Morgan fingerprint density at radius 3 is 0.759 bits per heavy atom. The van der Waals surface area contributed by atoms with E-state index in [0.717, 1.165) is 0 Å². The number of aryl methyl sites for hydroxylation is 2. The zero-order chi connectivity index (χ0) is 38.3. The molecule has 0 saturated heterocycles. The highest BCUT2D eigenvalue weighted by Crippen LogP contribution is 2.22. The molecule has 0 radical (unpaired) electrons. The Morgan fingerprint density at radius 1 is 0.296 bits per heavy atom. The molecule has 0 aromatic carbocycles. The lowest BCUT2D eigenvalue weighted by Gasteiger charge is -2.04. The van der Waals surface area contributed by atoms with Crippen molar-refractivity contribution >= 4 is 23.5 Å². The van der Waals surface area contributed by atoms with E-state index in [1.54, 1.807) is 0 Å². The predicted octanol–water partition coefficient (Wildman–Crippen LogP) is 16.4. The Balaban J connectivity index is 1.33. The highest BCUT2D eigenvalue weighted by Gasteiger charge is 2.05. The van der Waals surface area contributed by atoms with E-state index >= 15 is 0 Å². The topological polar surface area (TPSA) is 7.76 Å². The minimum atomic E-state index is 1.17. The second-order valence-electron chi connectivity index (χ2n) is 16.6. The summed E-state index contributed by atoms with van der Waals surface area (Å²) in [5.74, 6) is 2.44. The lowest BCUT2D eigenvalue weighted by atomic mass is 10.0. The van der Waals surface area contributed by atoms with Crippen LogP contribution in [0.3, 0.4) is 0 Å². The van der Waals surface area contributed by atoms with E-state index in [1.165, 1.54) is 253 Å². The number of nitrogens with zero attached hydrogens (tertiary/aromatic N) is 2. The molecule has 2 aromatic rings. The summed E-state index contributed by atoms with van der Waals surface area (Å²) in [6.45, 7) is 6.94. The SMILES string of the molecule is CCCCCCCCCCCCCCCCCC[n+]1ccc(SCCCCSc2cc[n+](CCCCCCCCCCCCCCCCCC)cc2)cc1. The lowest BCUT2D eigenvalue weighted by Crippen LogP contribution is -2.32. The smallest absolute Gasteiger partial charge is 0.169 e. The van der Waals surface area contributed by atoms with Crippen molar-refractivity contribution < 1.29 is 9.13 Å². The highest BCUT2D eigenvalue weighted by atomic mass is 32.2. The molecule has 0 N–H and O–H groups in total. The second-order valence-corrected chi connectivity index (χ2v) is 18.9. The lowest BCUT2D eigenvalue weighted by molar-refractivity contribution is -0.697. The second kappa shape index (κ2) is 38.9. The predicted molar refractivity (Wildman–Crippen MR) is 243 cm³/mol. The first-order chi connectivity index (χ1) is 26.8. The molecule has 4 heteroatoms. The third-order valence-corrected chi connectivity index (χ3v) is 13.5. The summed E-state index contributed by atoms with van der Waals surface area (Å²) in [6.07, 6.45) is 57.7. The number of thioether (sulfide) groups is 2. The molecule has 0 spiro atoms. The van der Waals surface area contributed by atoms with Gasteiger partial charge in [0.2, 0.25) is 0 Å². The first kappa shape index (κ1) is 49.1. The van der Waals surface area contributed by atoms with Crippen LogP contribution in [0.15, 0.2) is 58.8 Å². The Kier molecular flexibility index (Phi) is 35.4. The van der Waals surface area contributed by atoms with Gasteiger partial charge in [0.15, 0.2) is 24.8 Å². The molecule has 0 saturated carbocycles. The summed E-state index contributed by atoms with van der Waals surface area (Å²) in [5, 5.41) is 0. The van der Waals surface area contributed by atoms with Gasteiger partial charge in [-0.3, -0.25) is 0 Å². The molecule has 2 nitrogen and oxygen atoms in total. The van der Waals surface area contributed by atoms with Crippen LogP contribution < -0.4 is 9.13 Å². The zero-order valence-corrected chi connectivity index (χ0v) is 37.8. The molecule has 0 amide bonds. The molecule has 0 aliphatic rings. The fourth-order valence-corrected chi connectivity index (χ4v) is 9.44. The fourth-order valence-electron chi connectivity index (χ4n) is 7.65. The first-order valence-corrected chi connectivity index (χ1v) is 26.0. The maximum Gasteiger partial charge on any atom is 0.169 e. The molecule has 0 fully saturated rings. The van der Waals surface area contributed by atoms with Crippen molar-refractivity contribution in [3.05, 3.63) is 49.1 Å². The molecule has 54 heavy (non-hydrogen) atoms. The molecule has 310 valence electrons. The van der Waals surface area contributed by atoms with E-state index in [0.29, 0.717) is 0 Å². The van der Waals surface area contributed by atoms with Gasteiger partial charge >= 0.3 is 0 Å². The molecular formula is C50H90N2S2+2. The monoisotopic (exact) mass is 783 g/mol. The van der Waals surface area contributed by atoms with Crippen LogP contribution in [0.4, 0.5) is 0 Å². The van der Waals surface area contributed by atoms with E-state index in [-0.39, 0.29) is 0 Å². The Hall–Kier alpha value is -1.00. The van der Waals surface area contributed by atoms with E-state index in [9.17, 15) is 0 Å². The van der Waals surface area contributed by atoms with E-state index in [1.807, 2.05) is 23.5 Å². The Labute approximate surface area is 346 Å². The summed E-state index contributed by atoms with van der Waals surface area (Å²) in [6, 6.07) is 9.30. The number of unbranched alkanes of at least 4 members (excludes halogenated alkanes) is 31. The number of rotatable bonds is 41. The van der Waals surface area contributed by atoms with Gasteiger partial charge in [-0.2, -0.15) is 0 Å². The number of hydrogen-bond acceptors (Lipinski definition) is 2. The van der Waals surface area contributed by atoms with Crippen molar-refractivity contribution in [1.82, 2.24) is 0 Å². The standard InChI is InChI=1S/C50H90N2S2/c1-3-5-7-9-11-13-15-17-19-21-23-25-27-29-31-33-41-51-43-37-49(38-44-51)53-47-35-36-48-54-50-39-45-52(46-40-50)42-34-32-30-28-26-24-22-20-18-16-14-12-10-8-6-4-2/h37-40,43-46H,3-36,41-42,47-48H2,1-2H3/q+2. The maximum atomic E-state index is 2.38. The van der Waals surface area contributed by atoms with Crippen LogP contribution in [0.1, 0.15) is 232 Å². The Morgan fingerprint density at radius 2 is 0.519 bits per heavy atom. The van der Waals surface area contributed by atoms with E-state index < -0.39 is 0 Å². The first-order valence-electron chi connectivity index (χ1n) is 24.1. The van der Waals surface area contributed by atoms with E-state index in [2.05, 4.69) is 72.0 Å². The number of pyridine rings is 2. The summed E-state index contributed by atoms with van der Waals surface area (Å²) in [7, 11) is 0. The quantitative estimate of drug-likeness (QED) is 0.0377. The van der Waals surface area contributed by atoms with Crippen molar-refractivity contribution in [2.24, 2.45) is 0 Å². The highest BCUT2D eigenvalue weighted by molar-refractivity contribution is 7.99. The summed E-state index contributed by atoms with van der Waals surface area (Å²) in [4.78, 5) is 2.84. The molecular weight excluding hydrogens is 693 g/mol. The van der Waals surface area contributed by atoms with Gasteiger partial charge in [0.25, 0.3) is 0 Å². The largest absolute Gasteiger partial charge is 0.205 e. The third-order valence-electron chi connectivity index (χ3n) is 11.3. The molecule has 0 bridgehead atoms. The van der Waals surface area contributed by atoms with Crippen LogP contribution >= 0.6 is 23.5 Å². The fraction of sp³-hybridized carbons (Fsp3) is 0.800. The van der Waals surface area contributed by atoms with Gasteiger partial charge in [-0.1, -0.05) is 194 Å². The van der Waals surface area contributed by atoms with Crippen molar-refractivity contribution in [2.45, 2.75) is 255 Å². The van der Waals surface area contributed by atoms with Gasteiger partial charge < -0.3 is 0 Å². The van der Waals surface area contributed by atoms with Crippen LogP contribution in [-0.4, -0.2) is 11.5 Å². The molecule has 0 aliphatic heterocycles. The number of aromatic nitrogens is 2. The molecule has 0 atom stereocenters. The minimum Gasteiger partial charge on any atom is -0.205 e. The minimum absolute atomic E-state index is 1.17. The van der Waals surface area contributed by atoms with Crippen LogP contribution in [0.25, 0.3) is 0 Å². The van der Waals surface area contributed by atoms with Crippen LogP contribution in [0, 0.1) is 0 Å². The number of hydrogen-bond donors (Lipinski definition) is 0.